The zero-order chi connectivity index (χ0) is 9.97. The van der Waals surface area contributed by atoms with Crippen molar-refractivity contribution < 1.29 is 4.79 Å². The molecule has 0 unspecified atom stereocenters. The predicted molar refractivity (Wildman–Crippen MR) is 52.8 cm³/mol. The van der Waals surface area contributed by atoms with Gasteiger partial charge >= 0.3 is 0 Å². The molecule has 0 atom stereocenters. The summed E-state index contributed by atoms with van der Waals surface area (Å²) in [6, 6.07) is 1.78. The normalized spacial score (nSPS) is 10.4. The van der Waals surface area contributed by atoms with E-state index in [1.807, 2.05) is 0 Å². The molecule has 0 aliphatic heterocycles. The van der Waals surface area contributed by atoms with Crippen molar-refractivity contribution in [3.63, 3.8) is 0 Å². The van der Waals surface area contributed by atoms with E-state index in [-0.39, 0.29) is 5.91 Å². The molecule has 2 aromatic heterocycles. The number of hydrogen-bond acceptors (Lipinski definition) is 3. The van der Waals surface area contributed by atoms with Gasteiger partial charge in [0.05, 0.1) is 17.9 Å². The molecule has 0 aromatic carbocycles. The lowest BCUT2D eigenvalue weighted by Gasteiger charge is -2.01. The number of H-pyrrole nitrogens is 1. The fourth-order valence-corrected chi connectivity index (χ4v) is 1.14. The van der Waals surface area contributed by atoms with Crippen LogP contribution in [0.4, 0.5) is 5.82 Å². The minimum atomic E-state index is -0.0413. The van der Waals surface area contributed by atoms with Crippen LogP contribution in [0.15, 0.2) is 18.5 Å². The Hall–Kier alpha value is -1.91. The SMILES string of the molecule is CCC(=O)Nc1cc2cn[nH]c2cn1. The van der Waals surface area contributed by atoms with E-state index in [0.29, 0.717) is 12.2 Å². The van der Waals surface area contributed by atoms with Crippen LogP contribution in [-0.4, -0.2) is 21.1 Å². The molecule has 2 aromatic rings. The number of fused-ring (bicyclic) bond motifs is 1. The molecule has 0 saturated carbocycles. The van der Waals surface area contributed by atoms with Crippen molar-refractivity contribution in [1.82, 2.24) is 15.2 Å². The van der Waals surface area contributed by atoms with Crippen molar-refractivity contribution in [2.45, 2.75) is 13.3 Å². The molecule has 0 fully saturated rings. The average Bonchev–Trinajstić information content (AvgIpc) is 2.64. The molecule has 14 heavy (non-hydrogen) atoms. The molecule has 72 valence electrons. The van der Waals surface area contributed by atoms with Gasteiger partial charge in [-0.3, -0.25) is 9.89 Å². The Morgan fingerprint density at radius 2 is 2.43 bits per heavy atom. The van der Waals surface area contributed by atoms with Gasteiger partial charge in [0.25, 0.3) is 0 Å². The van der Waals surface area contributed by atoms with Gasteiger partial charge in [0.1, 0.15) is 5.82 Å². The molecule has 1 amide bonds. The Morgan fingerprint density at radius 3 is 3.21 bits per heavy atom. The summed E-state index contributed by atoms with van der Waals surface area (Å²) in [6.07, 6.45) is 3.79. The van der Waals surface area contributed by atoms with Gasteiger partial charge in [0, 0.05) is 11.8 Å². The standard InChI is InChI=1S/C9H10N4O/c1-2-9(14)12-8-3-6-4-11-13-7(6)5-10-8/h3-5H,2H2,1H3,(H,11,13)(H,10,12,14). The second-order valence-electron chi connectivity index (χ2n) is 2.93. The number of carbonyl (C=O) groups excluding carboxylic acids is 1. The monoisotopic (exact) mass is 190 g/mol. The molecular formula is C9H10N4O. The van der Waals surface area contributed by atoms with E-state index in [2.05, 4.69) is 20.5 Å². The van der Waals surface area contributed by atoms with Crippen LogP contribution >= 0.6 is 0 Å². The van der Waals surface area contributed by atoms with E-state index in [4.69, 9.17) is 0 Å². The molecule has 5 nitrogen and oxygen atoms in total. The van der Waals surface area contributed by atoms with Gasteiger partial charge in [-0.15, -0.1) is 0 Å². The molecule has 5 heteroatoms. The fraction of sp³-hybridized carbons (Fsp3) is 0.222. The Labute approximate surface area is 80.5 Å². The lowest BCUT2D eigenvalue weighted by molar-refractivity contribution is -0.115. The number of pyridine rings is 1. The zero-order valence-electron chi connectivity index (χ0n) is 7.74. The number of nitrogens with zero attached hydrogens (tertiary/aromatic N) is 2. The third kappa shape index (κ3) is 1.56. The summed E-state index contributed by atoms with van der Waals surface area (Å²) >= 11 is 0. The maximum absolute atomic E-state index is 11.1. The minimum Gasteiger partial charge on any atom is -0.311 e. The Kier molecular flexibility index (Phi) is 2.14. The average molecular weight is 190 g/mol. The Balaban J connectivity index is 2.30. The van der Waals surface area contributed by atoms with Crippen LogP contribution in [0.2, 0.25) is 0 Å². The number of nitrogens with one attached hydrogen (secondary N) is 2. The highest BCUT2D eigenvalue weighted by Crippen LogP contribution is 2.13. The van der Waals surface area contributed by atoms with Crippen LogP contribution in [0.1, 0.15) is 13.3 Å². The van der Waals surface area contributed by atoms with Crippen LogP contribution in [0.25, 0.3) is 10.9 Å². The molecule has 0 radical (unpaired) electrons. The van der Waals surface area contributed by atoms with Gasteiger partial charge < -0.3 is 5.32 Å². The maximum atomic E-state index is 11.1. The van der Waals surface area contributed by atoms with E-state index < -0.39 is 0 Å². The van der Waals surface area contributed by atoms with Crippen molar-refractivity contribution >= 4 is 22.6 Å². The number of amides is 1. The number of aromatic amines is 1. The number of anilines is 1. The number of aromatic nitrogens is 3. The zero-order valence-corrected chi connectivity index (χ0v) is 7.74. The Bertz CT molecular complexity index is 463. The molecule has 2 N–H and O–H groups in total. The van der Waals surface area contributed by atoms with Crippen LogP contribution in [-0.2, 0) is 4.79 Å². The number of hydrogen-bond donors (Lipinski definition) is 2. The third-order valence-electron chi connectivity index (χ3n) is 1.91. The molecule has 2 heterocycles. The Morgan fingerprint density at radius 1 is 1.57 bits per heavy atom. The summed E-state index contributed by atoms with van der Waals surface area (Å²) in [5, 5.41) is 10.3. The highest BCUT2D eigenvalue weighted by molar-refractivity contribution is 5.91. The molecule has 2 rings (SSSR count). The highest BCUT2D eigenvalue weighted by atomic mass is 16.1. The largest absolute Gasteiger partial charge is 0.311 e. The van der Waals surface area contributed by atoms with Gasteiger partial charge in [-0.2, -0.15) is 5.10 Å². The molecule has 0 saturated heterocycles. The number of carbonyl (C=O) groups is 1. The summed E-state index contributed by atoms with van der Waals surface area (Å²) in [7, 11) is 0. The predicted octanol–water partition coefficient (Wildman–Crippen LogP) is 1.31. The van der Waals surface area contributed by atoms with Crippen molar-refractivity contribution in [1.29, 1.82) is 0 Å². The second kappa shape index (κ2) is 3.45. The summed E-state index contributed by atoms with van der Waals surface area (Å²) in [5.74, 6) is 0.520. The quantitative estimate of drug-likeness (QED) is 0.749. The van der Waals surface area contributed by atoms with Crippen LogP contribution in [0, 0.1) is 0 Å². The first-order chi connectivity index (χ1) is 6.79. The van der Waals surface area contributed by atoms with Gasteiger partial charge in [0.2, 0.25) is 5.91 Å². The first-order valence-electron chi connectivity index (χ1n) is 4.38. The lowest BCUT2D eigenvalue weighted by atomic mass is 10.3. The molecule has 0 bridgehead atoms. The maximum Gasteiger partial charge on any atom is 0.225 e. The molecular weight excluding hydrogens is 180 g/mol. The fourth-order valence-electron chi connectivity index (χ4n) is 1.14. The summed E-state index contributed by atoms with van der Waals surface area (Å²) in [5.41, 5.74) is 0.861. The number of rotatable bonds is 2. The second-order valence-corrected chi connectivity index (χ2v) is 2.93. The van der Waals surface area contributed by atoms with E-state index in [0.717, 1.165) is 10.9 Å². The lowest BCUT2D eigenvalue weighted by Crippen LogP contribution is -2.10. The summed E-state index contributed by atoms with van der Waals surface area (Å²) in [4.78, 5) is 15.1. The van der Waals surface area contributed by atoms with E-state index in [1.54, 1.807) is 25.4 Å². The first-order valence-corrected chi connectivity index (χ1v) is 4.38. The van der Waals surface area contributed by atoms with Crippen molar-refractivity contribution in [2.24, 2.45) is 0 Å². The van der Waals surface area contributed by atoms with E-state index >= 15 is 0 Å². The summed E-state index contributed by atoms with van der Waals surface area (Å²) in [6.45, 7) is 1.80. The molecule has 0 aliphatic carbocycles. The smallest absolute Gasteiger partial charge is 0.225 e. The van der Waals surface area contributed by atoms with Gasteiger partial charge in [-0.1, -0.05) is 6.92 Å². The molecule has 0 aliphatic rings. The topological polar surface area (TPSA) is 70.7 Å². The van der Waals surface area contributed by atoms with E-state index in [1.165, 1.54) is 0 Å². The van der Waals surface area contributed by atoms with Gasteiger partial charge in [-0.05, 0) is 6.07 Å². The van der Waals surface area contributed by atoms with Crippen LogP contribution < -0.4 is 5.32 Å². The van der Waals surface area contributed by atoms with Crippen molar-refractivity contribution in [3.8, 4) is 0 Å². The van der Waals surface area contributed by atoms with Crippen LogP contribution in [0.3, 0.4) is 0 Å². The summed E-state index contributed by atoms with van der Waals surface area (Å²) < 4.78 is 0. The van der Waals surface area contributed by atoms with Crippen molar-refractivity contribution in [3.05, 3.63) is 18.5 Å². The molecule has 0 spiro atoms. The van der Waals surface area contributed by atoms with E-state index in [9.17, 15) is 4.79 Å². The minimum absolute atomic E-state index is 0.0413. The van der Waals surface area contributed by atoms with Gasteiger partial charge in [-0.25, -0.2) is 4.98 Å². The van der Waals surface area contributed by atoms with Gasteiger partial charge in [0.15, 0.2) is 0 Å². The highest BCUT2D eigenvalue weighted by Gasteiger charge is 2.02. The third-order valence-corrected chi connectivity index (χ3v) is 1.91. The first kappa shape index (κ1) is 8.68. The van der Waals surface area contributed by atoms with Crippen LogP contribution in [0.5, 0.6) is 0 Å². The van der Waals surface area contributed by atoms with Crippen molar-refractivity contribution in [2.75, 3.05) is 5.32 Å².